The molecule has 0 heterocycles. The Morgan fingerprint density at radius 2 is 1.60 bits per heavy atom. The summed E-state index contributed by atoms with van der Waals surface area (Å²) < 4.78 is 3.12. The number of ether oxygens (including phenoxy) is 1. The molecular formula is C25H26Cl3N3O4. The number of rotatable bonds is 6. The zero-order chi connectivity index (χ0) is 26.4. The van der Waals surface area contributed by atoms with Crippen LogP contribution in [0.15, 0.2) is 48.5 Å². The number of nitrogens with one attached hydrogen (secondary N) is 1. The van der Waals surface area contributed by atoms with Gasteiger partial charge in [-0.15, -0.1) is 0 Å². The molecule has 186 valence electrons. The maximum absolute atomic E-state index is 13.4. The molecule has 0 saturated carbocycles. The second-order valence-corrected chi connectivity index (χ2v) is 11.4. The van der Waals surface area contributed by atoms with Crippen molar-refractivity contribution in [2.45, 2.75) is 42.9 Å². The van der Waals surface area contributed by atoms with E-state index < -0.39 is 34.3 Å². The van der Waals surface area contributed by atoms with Gasteiger partial charge in [0.25, 0.3) is 5.91 Å². The number of hydrogen-bond donors (Lipinski definition) is 1. The predicted octanol–water partition coefficient (Wildman–Crippen LogP) is 5.68. The van der Waals surface area contributed by atoms with Crippen LogP contribution < -0.4 is 5.32 Å². The summed E-state index contributed by atoms with van der Waals surface area (Å²) >= 11 is 16.9. The van der Waals surface area contributed by atoms with Crippen LogP contribution in [0, 0.1) is 11.3 Å². The van der Waals surface area contributed by atoms with Crippen LogP contribution in [-0.2, 0) is 14.9 Å². The van der Waals surface area contributed by atoms with E-state index >= 15 is 0 Å². The summed E-state index contributed by atoms with van der Waals surface area (Å²) in [6, 6.07) is 14.5. The predicted molar refractivity (Wildman–Crippen MR) is 136 cm³/mol. The molecule has 10 heteroatoms. The standard InChI is InChI=1S/C25H26Cl3N3O4/c1-16(32)31(22(33)19-7-5-17(13-29)6-8-19)21(14-30-23(34)35-15-25(26,27)28)18-9-11-20(12-10-18)24(2,3)4/h5-12,21H,14-15H2,1-4H3,(H,30,34). The van der Waals surface area contributed by atoms with E-state index in [1.54, 1.807) is 0 Å². The number of nitriles is 1. The van der Waals surface area contributed by atoms with E-state index in [1.165, 1.54) is 31.2 Å². The minimum absolute atomic E-state index is 0.105. The number of halogens is 3. The summed E-state index contributed by atoms with van der Waals surface area (Å²) in [6.07, 6.45) is -0.873. The molecule has 0 aromatic heterocycles. The van der Waals surface area contributed by atoms with E-state index in [2.05, 4.69) is 26.1 Å². The SMILES string of the molecule is CC(=O)N(C(=O)c1ccc(C#N)cc1)C(CNC(=O)OCC(Cl)(Cl)Cl)c1ccc(C(C)(C)C)cc1. The van der Waals surface area contributed by atoms with Crippen molar-refractivity contribution in [3.05, 3.63) is 70.8 Å². The highest BCUT2D eigenvalue weighted by molar-refractivity contribution is 6.67. The Bertz CT molecular complexity index is 1100. The van der Waals surface area contributed by atoms with Crippen molar-refractivity contribution in [2.75, 3.05) is 13.2 Å². The number of carbonyl (C=O) groups is 3. The summed E-state index contributed by atoms with van der Waals surface area (Å²) in [6.45, 7) is 6.84. The number of nitrogens with zero attached hydrogens (tertiary/aromatic N) is 2. The molecule has 0 spiro atoms. The first-order valence-corrected chi connectivity index (χ1v) is 11.8. The summed E-state index contributed by atoms with van der Waals surface area (Å²) in [7, 11) is 0. The molecular weight excluding hydrogens is 513 g/mol. The molecule has 2 aromatic rings. The van der Waals surface area contributed by atoms with Gasteiger partial charge in [-0.05, 0) is 40.8 Å². The largest absolute Gasteiger partial charge is 0.445 e. The number of benzene rings is 2. The summed E-state index contributed by atoms with van der Waals surface area (Å²) in [5.41, 5.74) is 2.17. The highest BCUT2D eigenvalue weighted by Crippen LogP contribution is 2.28. The summed E-state index contributed by atoms with van der Waals surface area (Å²) in [4.78, 5) is 39.3. The normalized spacial score (nSPS) is 12.3. The molecule has 0 fully saturated rings. The van der Waals surface area contributed by atoms with Crippen LogP contribution >= 0.6 is 34.8 Å². The fourth-order valence-electron chi connectivity index (χ4n) is 3.27. The van der Waals surface area contributed by atoms with Gasteiger partial charge in [0.1, 0.15) is 6.61 Å². The Balaban J connectivity index is 2.40. The molecule has 2 aromatic carbocycles. The zero-order valence-corrected chi connectivity index (χ0v) is 22.0. The van der Waals surface area contributed by atoms with Gasteiger partial charge in [0, 0.05) is 19.0 Å². The summed E-state index contributed by atoms with van der Waals surface area (Å²) in [5, 5.41) is 11.6. The van der Waals surface area contributed by atoms with Crippen molar-refractivity contribution < 1.29 is 19.1 Å². The molecule has 0 bridgehead atoms. The lowest BCUT2D eigenvalue weighted by molar-refractivity contribution is -0.128. The van der Waals surface area contributed by atoms with Crippen LogP contribution in [0.25, 0.3) is 0 Å². The van der Waals surface area contributed by atoms with Crippen molar-refractivity contribution in [3.63, 3.8) is 0 Å². The van der Waals surface area contributed by atoms with Gasteiger partial charge < -0.3 is 10.1 Å². The van der Waals surface area contributed by atoms with Crippen LogP contribution in [0.3, 0.4) is 0 Å². The van der Waals surface area contributed by atoms with Gasteiger partial charge in [-0.2, -0.15) is 5.26 Å². The minimum atomic E-state index is -1.78. The Morgan fingerprint density at radius 1 is 1.03 bits per heavy atom. The number of carbonyl (C=O) groups excluding carboxylic acids is 3. The lowest BCUT2D eigenvalue weighted by Gasteiger charge is -2.30. The average Bonchev–Trinajstić information content (AvgIpc) is 2.79. The van der Waals surface area contributed by atoms with Gasteiger partial charge in [0.2, 0.25) is 9.70 Å². The summed E-state index contributed by atoms with van der Waals surface area (Å²) in [5.74, 6) is -1.11. The van der Waals surface area contributed by atoms with E-state index in [1.807, 2.05) is 30.3 Å². The van der Waals surface area contributed by atoms with Crippen LogP contribution in [0.2, 0.25) is 0 Å². The monoisotopic (exact) mass is 537 g/mol. The molecule has 0 radical (unpaired) electrons. The van der Waals surface area contributed by atoms with E-state index in [9.17, 15) is 14.4 Å². The quantitative estimate of drug-likeness (QED) is 0.477. The number of imide groups is 1. The van der Waals surface area contributed by atoms with Crippen molar-refractivity contribution >= 4 is 52.7 Å². The Morgan fingerprint density at radius 3 is 2.06 bits per heavy atom. The zero-order valence-electron chi connectivity index (χ0n) is 19.8. The minimum Gasteiger partial charge on any atom is -0.445 e. The number of amides is 3. The average molecular weight is 539 g/mol. The lowest BCUT2D eigenvalue weighted by atomic mass is 9.86. The van der Waals surface area contributed by atoms with E-state index in [0.717, 1.165) is 10.5 Å². The molecule has 3 amide bonds. The van der Waals surface area contributed by atoms with E-state index in [0.29, 0.717) is 11.1 Å². The Labute approximate surface area is 219 Å². The third-order valence-electron chi connectivity index (χ3n) is 5.10. The maximum Gasteiger partial charge on any atom is 0.407 e. The van der Waals surface area contributed by atoms with Crippen LogP contribution in [0.4, 0.5) is 4.79 Å². The third kappa shape index (κ3) is 8.43. The van der Waals surface area contributed by atoms with Crippen molar-refractivity contribution in [2.24, 2.45) is 0 Å². The van der Waals surface area contributed by atoms with Gasteiger partial charge in [0.05, 0.1) is 17.7 Å². The van der Waals surface area contributed by atoms with Gasteiger partial charge in [-0.3, -0.25) is 14.5 Å². The molecule has 35 heavy (non-hydrogen) atoms. The molecule has 1 atom stereocenters. The van der Waals surface area contributed by atoms with Crippen molar-refractivity contribution in [1.29, 1.82) is 5.26 Å². The van der Waals surface area contributed by atoms with E-state index in [-0.39, 0.29) is 17.5 Å². The first-order valence-electron chi connectivity index (χ1n) is 10.6. The number of alkyl halides is 3. The molecule has 0 aliphatic carbocycles. The molecule has 1 N–H and O–H groups in total. The fraction of sp³-hybridized carbons (Fsp3) is 0.360. The molecule has 7 nitrogen and oxygen atoms in total. The number of hydrogen-bond acceptors (Lipinski definition) is 5. The second kappa shape index (κ2) is 11.8. The van der Waals surface area contributed by atoms with Gasteiger partial charge in [-0.1, -0.05) is 79.8 Å². The topological polar surface area (TPSA) is 99.5 Å². The highest BCUT2D eigenvalue weighted by Gasteiger charge is 2.31. The lowest BCUT2D eigenvalue weighted by Crippen LogP contribution is -2.44. The molecule has 0 aliphatic rings. The number of alkyl carbamates (subject to hydrolysis) is 1. The molecule has 1 unspecified atom stereocenters. The van der Waals surface area contributed by atoms with Gasteiger partial charge in [0.15, 0.2) is 0 Å². The molecule has 0 aliphatic heterocycles. The fourth-order valence-corrected chi connectivity index (χ4v) is 3.44. The highest BCUT2D eigenvalue weighted by atomic mass is 35.6. The van der Waals surface area contributed by atoms with Crippen LogP contribution in [0.5, 0.6) is 0 Å². The van der Waals surface area contributed by atoms with Crippen LogP contribution in [0.1, 0.15) is 60.8 Å². The first kappa shape index (κ1) is 28.4. The Hall–Kier alpha value is -2.79. The molecule has 2 rings (SSSR count). The van der Waals surface area contributed by atoms with Crippen molar-refractivity contribution in [1.82, 2.24) is 10.2 Å². The van der Waals surface area contributed by atoms with Crippen LogP contribution in [-0.4, -0.2) is 39.8 Å². The van der Waals surface area contributed by atoms with Crippen molar-refractivity contribution in [3.8, 4) is 6.07 Å². The van der Waals surface area contributed by atoms with E-state index in [4.69, 9.17) is 44.8 Å². The smallest absolute Gasteiger partial charge is 0.407 e. The Kier molecular flexibility index (Phi) is 9.56. The van der Waals surface area contributed by atoms with Gasteiger partial charge >= 0.3 is 6.09 Å². The van der Waals surface area contributed by atoms with Gasteiger partial charge in [-0.25, -0.2) is 4.79 Å². The second-order valence-electron chi connectivity index (χ2n) is 8.84. The first-order chi connectivity index (χ1) is 16.2. The third-order valence-corrected chi connectivity index (χ3v) is 5.43. The molecule has 0 saturated heterocycles. The maximum atomic E-state index is 13.4.